The quantitative estimate of drug-likeness (QED) is 0.0417. The van der Waals surface area contributed by atoms with Crippen molar-refractivity contribution in [2.45, 2.75) is 82.9 Å². The average molecular weight is 875 g/mol. The van der Waals surface area contributed by atoms with Gasteiger partial charge >= 0.3 is 12.1 Å². The molecule has 0 spiro atoms. The molecule has 1 heterocycles. The number of fused-ring (bicyclic) bond motifs is 1. The zero-order valence-electron chi connectivity index (χ0n) is 33.2. The summed E-state index contributed by atoms with van der Waals surface area (Å²) in [4.78, 5) is 84.8. The molecule has 2 unspecified atom stereocenters. The molecule has 0 fully saturated rings. The number of rotatable bonds is 22. The fourth-order valence-corrected chi connectivity index (χ4v) is 6.13. The van der Waals surface area contributed by atoms with E-state index >= 15 is 0 Å². The Kier molecular flexibility index (Phi) is 18.5. The van der Waals surface area contributed by atoms with Crippen molar-refractivity contribution in [1.29, 1.82) is 0 Å². The van der Waals surface area contributed by atoms with Crippen LogP contribution in [-0.4, -0.2) is 70.9 Å². The van der Waals surface area contributed by atoms with Crippen molar-refractivity contribution in [2.75, 3.05) is 18.4 Å². The first-order valence-electron chi connectivity index (χ1n) is 19.5. The predicted octanol–water partition coefficient (Wildman–Crippen LogP) is 4.95. The van der Waals surface area contributed by atoms with Crippen molar-refractivity contribution in [3.8, 4) is 0 Å². The summed E-state index contributed by atoms with van der Waals surface area (Å²) in [5, 5.41) is 17.0. The van der Waals surface area contributed by atoms with Crippen LogP contribution in [0.2, 0.25) is 0 Å². The van der Waals surface area contributed by atoms with Crippen LogP contribution < -0.4 is 37.6 Å². The maximum atomic E-state index is 13.5. The second-order valence-corrected chi connectivity index (χ2v) is 14.7. The molecule has 0 saturated heterocycles. The zero-order chi connectivity index (χ0) is 42.6. The number of primary amides is 1. The van der Waals surface area contributed by atoms with Gasteiger partial charge in [-0.2, -0.15) is 0 Å². The number of nitrogens with one attached hydrogen (secondary N) is 6. The number of nitrogens with two attached hydrogens (primary N) is 1. The number of carbonyl (C=O) groups excluding carboxylic acids is 6. The first-order valence-corrected chi connectivity index (χ1v) is 20.6. The fourth-order valence-electron chi connectivity index (χ4n) is 5.86. The average Bonchev–Trinajstić information content (AvgIpc) is 3.23. The second kappa shape index (κ2) is 24.0. The molecule has 0 aliphatic carbocycles. The molecule has 8 N–H and O–H groups in total. The Hall–Kier alpha value is -6.10. The highest BCUT2D eigenvalue weighted by molar-refractivity contribution is 9.08. The Morgan fingerprint density at radius 1 is 0.780 bits per heavy atom. The zero-order valence-corrected chi connectivity index (χ0v) is 34.8. The van der Waals surface area contributed by atoms with Crippen molar-refractivity contribution >= 4 is 68.4 Å². The number of amides is 7. The van der Waals surface area contributed by atoms with Gasteiger partial charge in [-0.25, -0.2) is 14.6 Å². The number of halogens is 1. The lowest BCUT2D eigenvalue weighted by Crippen LogP contribution is -2.54. The van der Waals surface area contributed by atoms with Crippen LogP contribution in [0.25, 0.3) is 11.0 Å². The minimum Gasteiger partial charge on any atom is -0.445 e. The van der Waals surface area contributed by atoms with Gasteiger partial charge in [0.1, 0.15) is 18.7 Å². The number of hydrogen-bond donors (Lipinski definition) is 7. The van der Waals surface area contributed by atoms with Crippen LogP contribution in [0.5, 0.6) is 0 Å². The van der Waals surface area contributed by atoms with Gasteiger partial charge in [0.15, 0.2) is 0 Å². The molecule has 314 valence electrons. The Labute approximate surface area is 351 Å². The van der Waals surface area contributed by atoms with E-state index < -0.39 is 36.0 Å². The van der Waals surface area contributed by atoms with Crippen molar-refractivity contribution in [3.63, 3.8) is 0 Å². The van der Waals surface area contributed by atoms with Crippen LogP contribution in [0.4, 0.5) is 15.3 Å². The molecule has 0 aliphatic heterocycles. The molecule has 16 nitrogen and oxygen atoms in total. The Morgan fingerprint density at radius 3 is 2.24 bits per heavy atom. The summed E-state index contributed by atoms with van der Waals surface area (Å²) in [5.41, 5.74) is 9.89. The van der Waals surface area contributed by atoms with E-state index in [-0.39, 0.29) is 43.7 Å². The molecule has 0 bridgehead atoms. The van der Waals surface area contributed by atoms with Crippen molar-refractivity contribution in [1.82, 2.24) is 36.6 Å². The molecule has 1 aromatic heterocycles. The number of alkyl halides is 1. The van der Waals surface area contributed by atoms with Crippen LogP contribution in [0.15, 0.2) is 79.0 Å². The van der Waals surface area contributed by atoms with Gasteiger partial charge in [-0.05, 0) is 73.1 Å². The molecule has 4 rings (SSSR count). The van der Waals surface area contributed by atoms with E-state index in [1.165, 1.54) is 0 Å². The minimum absolute atomic E-state index is 0.0171. The van der Waals surface area contributed by atoms with Crippen LogP contribution in [-0.2, 0) is 37.6 Å². The monoisotopic (exact) mass is 873 g/mol. The number of carbonyl (C=O) groups is 6. The van der Waals surface area contributed by atoms with Crippen molar-refractivity contribution in [3.05, 3.63) is 101 Å². The molecule has 59 heavy (non-hydrogen) atoms. The molecule has 0 saturated carbocycles. The summed E-state index contributed by atoms with van der Waals surface area (Å²) in [7, 11) is 0. The molecule has 7 amide bonds. The number of urea groups is 1. The van der Waals surface area contributed by atoms with Gasteiger partial charge < -0.3 is 42.4 Å². The SMILES string of the molecule is CC(C)C(NC(=O)CCCCCNC(=O)c1ccc2nc(CBr)cnc2c1)C(=O)NC(CCCNC(N)=O)C(=O)Nc1ccc(COC(=O)NCc2ccccc2)cc1. The number of aromatic nitrogens is 2. The number of hydrogen-bond acceptors (Lipinski definition) is 9. The number of unbranched alkanes of at least 4 members (excludes halogenated alkanes) is 2. The van der Waals surface area contributed by atoms with Gasteiger partial charge in [-0.3, -0.25) is 24.2 Å². The standard InChI is InChI=1S/C42H52BrN9O7/c1-27(2)37(52-36(53)13-7-4-8-20-45-38(54)30-16-19-33-35(22-30)47-25-32(23-43)49-33)40(56)51-34(12-9-21-46-41(44)57)39(55)50-31-17-14-29(15-18-31)26-59-42(58)48-24-28-10-5-3-6-11-28/h3,5-6,10-11,14-19,22,25,27,34,37H,4,7-9,12-13,20-21,23-24,26H2,1-2H3,(H,45,54)(H,48,58)(H,50,55)(H,51,56)(H,52,53)(H3,44,46,57). The summed E-state index contributed by atoms with van der Waals surface area (Å²) in [6.45, 7) is 4.55. The molecule has 4 aromatic rings. The van der Waals surface area contributed by atoms with Crippen molar-refractivity contribution in [2.24, 2.45) is 11.7 Å². The second-order valence-electron chi connectivity index (χ2n) is 14.2. The highest BCUT2D eigenvalue weighted by Crippen LogP contribution is 2.15. The van der Waals surface area contributed by atoms with Gasteiger partial charge in [-0.1, -0.05) is 78.7 Å². The number of benzene rings is 3. The van der Waals surface area contributed by atoms with Crippen molar-refractivity contribution < 1.29 is 33.5 Å². The van der Waals surface area contributed by atoms with Crippen LogP contribution >= 0.6 is 15.9 Å². The molecular weight excluding hydrogens is 822 g/mol. The molecule has 0 aliphatic rings. The summed E-state index contributed by atoms with van der Waals surface area (Å²) in [6.07, 6.45) is 3.64. The third-order valence-corrected chi connectivity index (χ3v) is 9.67. The lowest BCUT2D eigenvalue weighted by atomic mass is 10.0. The summed E-state index contributed by atoms with van der Waals surface area (Å²) in [6, 6.07) is 18.7. The molecule has 0 radical (unpaired) electrons. The molecular formula is C42H52BrN9O7. The smallest absolute Gasteiger partial charge is 0.407 e. The number of nitrogens with zero attached hydrogens (tertiary/aromatic N) is 2. The van der Waals surface area contributed by atoms with E-state index in [4.69, 9.17) is 10.5 Å². The maximum Gasteiger partial charge on any atom is 0.407 e. The van der Waals surface area contributed by atoms with Crippen LogP contribution in [0.3, 0.4) is 0 Å². The largest absolute Gasteiger partial charge is 0.445 e. The summed E-state index contributed by atoms with van der Waals surface area (Å²) in [5.74, 6) is -1.86. The highest BCUT2D eigenvalue weighted by atomic mass is 79.9. The Morgan fingerprint density at radius 2 is 1.53 bits per heavy atom. The number of anilines is 1. The van der Waals surface area contributed by atoms with Crippen LogP contribution in [0.1, 0.15) is 79.6 Å². The maximum absolute atomic E-state index is 13.5. The number of alkyl carbamates (subject to hydrolysis) is 1. The Balaban J connectivity index is 1.22. The van der Waals surface area contributed by atoms with Gasteiger partial charge in [0.25, 0.3) is 5.91 Å². The third-order valence-electron chi connectivity index (χ3n) is 9.10. The highest BCUT2D eigenvalue weighted by Gasteiger charge is 2.29. The van der Waals surface area contributed by atoms with E-state index in [1.807, 2.05) is 30.3 Å². The van der Waals surface area contributed by atoms with Gasteiger partial charge in [-0.15, -0.1) is 0 Å². The lowest BCUT2D eigenvalue weighted by Gasteiger charge is -2.25. The van der Waals surface area contributed by atoms with E-state index in [0.29, 0.717) is 72.0 Å². The van der Waals surface area contributed by atoms with E-state index in [1.54, 1.807) is 62.5 Å². The first kappa shape index (κ1) is 45.6. The van der Waals surface area contributed by atoms with E-state index in [0.717, 1.165) is 11.3 Å². The topological polar surface area (TPSA) is 236 Å². The van der Waals surface area contributed by atoms with E-state index in [2.05, 4.69) is 57.8 Å². The number of ether oxygens (including phenoxy) is 1. The van der Waals surface area contributed by atoms with Gasteiger partial charge in [0, 0.05) is 48.8 Å². The molecule has 17 heteroatoms. The fraction of sp³-hybridized carbons (Fsp3) is 0.381. The van der Waals surface area contributed by atoms with Crippen LogP contribution in [0, 0.1) is 5.92 Å². The van der Waals surface area contributed by atoms with Gasteiger partial charge in [0.05, 0.1) is 16.7 Å². The predicted molar refractivity (Wildman–Crippen MR) is 227 cm³/mol. The Bertz CT molecular complexity index is 2030. The third kappa shape index (κ3) is 16.0. The lowest BCUT2D eigenvalue weighted by molar-refractivity contribution is -0.132. The summed E-state index contributed by atoms with van der Waals surface area (Å²) >= 11 is 3.36. The normalized spacial score (nSPS) is 11.9. The van der Waals surface area contributed by atoms with E-state index in [9.17, 15) is 28.8 Å². The molecule has 2 atom stereocenters. The minimum atomic E-state index is -1.00. The summed E-state index contributed by atoms with van der Waals surface area (Å²) < 4.78 is 5.30. The van der Waals surface area contributed by atoms with Gasteiger partial charge in [0.2, 0.25) is 17.7 Å². The first-order chi connectivity index (χ1) is 28.4. The molecule has 3 aromatic carbocycles.